The molecule has 8 heteroatoms. The van der Waals surface area contributed by atoms with Gasteiger partial charge in [-0.25, -0.2) is 9.97 Å². The molecule has 2 heterocycles. The number of anilines is 1. The summed E-state index contributed by atoms with van der Waals surface area (Å²) in [6, 6.07) is 7.51. The zero-order valence-electron chi connectivity index (χ0n) is 17.5. The van der Waals surface area contributed by atoms with Gasteiger partial charge < -0.3 is 9.15 Å². The van der Waals surface area contributed by atoms with Crippen LogP contribution < -0.4 is 10.1 Å². The molecule has 0 aliphatic carbocycles. The molecular weight excluding hydrogens is 418 g/mol. The second-order valence-electron chi connectivity index (χ2n) is 7.80. The minimum atomic E-state index is -0.244. The number of hydrogen-bond donors (Lipinski definition) is 1. The van der Waals surface area contributed by atoms with Gasteiger partial charge in [-0.05, 0) is 17.6 Å². The van der Waals surface area contributed by atoms with Crippen LogP contribution >= 0.6 is 23.1 Å². The van der Waals surface area contributed by atoms with Crippen molar-refractivity contribution < 1.29 is 13.9 Å². The van der Waals surface area contributed by atoms with E-state index in [1.54, 1.807) is 37.3 Å². The summed E-state index contributed by atoms with van der Waals surface area (Å²) >= 11 is 3.00. The van der Waals surface area contributed by atoms with E-state index in [-0.39, 0.29) is 11.3 Å². The number of carbonyl (C=O) groups excluding carboxylic acids is 1. The number of nitrogens with zero attached hydrogens (tertiary/aromatic N) is 2. The van der Waals surface area contributed by atoms with E-state index in [0.717, 1.165) is 22.0 Å². The standard InChI is InChI=1S/C22H25N3O3S2/c1-22(2,3)11-16-12-23-19(28-16)14-29-20-13-24-21(30-20)25-18(26)10-9-15-7-5-6-8-17(15)27-4/h5-10,12-13H,11,14H2,1-4H3,(H,24,25,26)/b10-9+. The Hall–Kier alpha value is -2.58. The average Bonchev–Trinajstić information content (AvgIpc) is 3.32. The summed E-state index contributed by atoms with van der Waals surface area (Å²) in [6.45, 7) is 6.51. The lowest BCUT2D eigenvalue weighted by atomic mass is 9.91. The van der Waals surface area contributed by atoms with E-state index in [1.807, 2.05) is 24.3 Å². The molecule has 0 fully saturated rings. The summed E-state index contributed by atoms with van der Waals surface area (Å²) in [5.41, 5.74) is 0.997. The van der Waals surface area contributed by atoms with Crippen LogP contribution in [0.3, 0.4) is 0 Å². The predicted molar refractivity (Wildman–Crippen MR) is 122 cm³/mol. The van der Waals surface area contributed by atoms with Gasteiger partial charge in [0.15, 0.2) is 5.13 Å². The minimum Gasteiger partial charge on any atom is -0.496 e. The van der Waals surface area contributed by atoms with Crippen molar-refractivity contribution in [1.82, 2.24) is 9.97 Å². The van der Waals surface area contributed by atoms with E-state index in [0.29, 0.717) is 22.5 Å². The van der Waals surface area contributed by atoms with Gasteiger partial charge in [-0.1, -0.05) is 50.3 Å². The summed E-state index contributed by atoms with van der Waals surface area (Å²) in [5.74, 6) is 2.68. The molecule has 0 unspecified atom stereocenters. The van der Waals surface area contributed by atoms with E-state index in [9.17, 15) is 4.79 Å². The highest BCUT2D eigenvalue weighted by Gasteiger charge is 2.15. The zero-order valence-corrected chi connectivity index (χ0v) is 19.1. The number of amides is 1. The number of methoxy groups -OCH3 is 1. The highest BCUT2D eigenvalue weighted by Crippen LogP contribution is 2.31. The quantitative estimate of drug-likeness (QED) is 0.357. The molecule has 1 amide bonds. The summed E-state index contributed by atoms with van der Waals surface area (Å²) in [7, 11) is 1.60. The third kappa shape index (κ3) is 6.74. The molecule has 3 aromatic rings. The number of oxazole rings is 1. The Bertz CT molecular complexity index is 1020. The molecule has 0 saturated heterocycles. The molecule has 0 aliphatic rings. The molecule has 2 aromatic heterocycles. The van der Waals surface area contributed by atoms with Crippen LogP contribution in [0.15, 0.2) is 51.4 Å². The van der Waals surface area contributed by atoms with Gasteiger partial charge in [0.05, 0.1) is 29.5 Å². The summed E-state index contributed by atoms with van der Waals surface area (Å²) in [5, 5.41) is 3.34. The molecule has 0 aliphatic heterocycles. The Morgan fingerprint density at radius 1 is 1.27 bits per heavy atom. The van der Waals surface area contributed by atoms with E-state index in [4.69, 9.17) is 9.15 Å². The maximum Gasteiger partial charge on any atom is 0.250 e. The van der Waals surface area contributed by atoms with E-state index < -0.39 is 0 Å². The van der Waals surface area contributed by atoms with Crippen molar-refractivity contribution in [2.75, 3.05) is 12.4 Å². The molecule has 1 N–H and O–H groups in total. The molecule has 1 aromatic carbocycles. The van der Waals surface area contributed by atoms with Crippen molar-refractivity contribution in [2.45, 2.75) is 37.2 Å². The lowest BCUT2D eigenvalue weighted by Gasteiger charge is -2.15. The topological polar surface area (TPSA) is 77.2 Å². The van der Waals surface area contributed by atoms with Gasteiger partial charge >= 0.3 is 0 Å². The van der Waals surface area contributed by atoms with Crippen molar-refractivity contribution in [3.05, 3.63) is 59.9 Å². The highest BCUT2D eigenvalue weighted by atomic mass is 32.2. The van der Waals surface area contributed by atoms with Gasteiger partial charge in [0.1, 0.15) is 11.5 Å². The third-order valence-corrected chi connectivity index (χ3v) is 6.00. The van der Waals surface area contributed by atoms with Crippen molar-refractivity contribution in [1.29, 1.82) is 0 Å². The SMILES string of the molecule is COc1ccccc1/C=C/C(=O)Nc1ncc(SCc2ncc(CC(C)(C)C)o2)s1. The molecule has 0 atom stereocenters. The molecule has 158 valence electrons. The monoisotopic (exact) mass is 443 g/mol. The normalized spacial score (nSPS) is 11.7. The average molecular weight is 444 g/mol. The Balaban J connectivity index is 1.51. The molecule has 30 heavy (non-hydrogen) atoms. The van der Waals surface area contributed by atoms with Crippen LogP contribution in [0, 0.1) is 5.41 Å². The third-order valence-electron chi connectivity index (χ3n) is 3.91. The fraction of sp³-hybridized carbons (Fsp3) is 0.318. The summed E-state index contributed by atoms with van der Waals surface area (Å²) < 4.78 is 12.1. The van der Waals surface area contributed by atoms with E-state index >= 15 is 0 Å². The number of carbonyl (C=O) groups is 1. The molecule has 6 nitrogen and oxygen atoms in total. The number of ether oxygens (including phenoxy) is 1. The van der Waals surface area contributed by atoms with Crippen molar-refractivity contribution in [3.8, 4) is 5.75 Å². The lowest BCUT2D eigenvalue weighted by Crippen LogP contribution is -2.08. The Kier molecular flexibility index (Phi) is 7.33. The van der Waals surface area contributed by atoms with Crippen LogP contribution in [0.2, 0.25) is 0 Å². The van der Waals surface area contributed by atoms with Gasteiger partial charge in [-0.15, -0.1) is 11.8 Å². The van der Waals surface area contributed by atoms with Crippen LogP contribution in [0.5, 0.6) is 5.75 Å². The zero-order chi connectivity index (χ0) is 21.6. The van der Waals surface area contributed by atoms with Gasteiger partial charge in [0.2, 0.25) is 11.8 Å². The fourth-order valence-electron chi connectivity index (χ4n) is 2.65. The first-order chi connectivity index (χ1) is 14.3. The first-order valence-electron chi connectivity index (χ1n) is 9.47. The molecule has 0 spiro atoms. The van der Waals surface area contributed by atoms with Crippen LogP contribution in [0.4, 0.5) is 5.13 Å². The number of aromatic nitrogens is 2. The molecule has 3 rings (SSSR count). The molecular formula is C22H25N3O3S2. The van der Waals surface area contributed by atoms with E-state index in [1.165, 1.54) is 17.4 Å². The van der Waals surface area contributed by atoms with Crippen molar-refractivity contribution in [2.24, 2.45) is 5.41 Å². The Labute approximate surface area is 184 Å². The number of rotatable bonds is 8. The fourth-order valence-corrected chi connectivity index (χ4v) is 4.38. The number of thioether (sulfide) groups is 1. The highest BCUT2D eigenvalue weighted by molar-refractivity contribution is 8.00. The van der Waals surface area contributed by atoms with Gasteiger partial charge in [0.25, 0.3) is 0 Å². The van der Waals surface area contributed by atoms with Gasteiger partial charge in [0, 0.05) is 18.1 Å². The van der Waals surface area contributed by atoms with Gasteiger partial charge in [-0.3, -0.25) is 10.1 Å². The smallest absolute Gasteiger partial charge is 0.250 e. The number of nitrogens with one attached hydrogen (secondary N) is 1. The first-order valence-corrected chi connectivity index (χ1v) is 11.3. The predicted octanol–water partition coefficient (Wildman–Crippen LogP) is 5.67. The lowest BCUT2D eigenvalue weighted by molar-refractivity contribution is -0.111. The Morgan fingerprint density at radius 3 is 2.83 bits per heavy atom. The minimum absolute atomic E-state index is 0.162. The maximum atomic E-state index is 12.2. The number of para-hydroxylation sites is 1. The van der Waals surface area contributed by atoms with E-state index in [2.05, 4.69) is 36.1 Å². The molecule has 0 saturated carbocycles. The largest absolute Gasteiger partial charge is 0.496 e. The number of benzene rings is 1. The molecule has 0 bridgehead atoms. The first kappa shape index (κ1) is 22.1. The van der Waals surface area contributed by atoms with Crippen molar-refractivity contribution in [3.63, 3.8) is 0 Å². The van der Waals surface area contributed by atoms with Crippen LogP contribution in [0.1, 0.15) is 38.0 Å². The second-order valence-corrected chi connectivity index (χ2v) is 10.1. The van der Waals surface area contributed by atoms with Crippen LogP contribution in [-0.2, 0) is 17.0 Å². The maximum absolute atomic E-state index is 12.2. The van der Waals surface area contributed by atoms with Gasteiger partial charge in [-0.2, -0.15) is 0 Å². The van der Waals surface area contributed by atoms with Crippen molar-refractivity contribution >= 4 is 40.2 Å². The number of hydrogen-bond acceptors (Lipinski definition) is 7. The summed E-state index contributed by atoms with van der Waals surface area (Å²) in [6.07, 6.45) is 7.58. The van der Waals surface area contributed by atoms with Crippen LogP contribution in [0.25, 0.3) is 6.08 Å². The number of thiazole rings is 1. The van der Waals surface area contributed by atoms with Crippen LogP contribution in [-0.4, -0.2) is 23.0 Å². The second kappa shape index (κ2) is 9.95. The molecule has 0 radical (unpaired) electrons. The summed E-state index contributed by atoms with van der Waals surface area (Å²) in [4.78, 5) is 20.8. The Morgan fingerprint density at radius 2 is 2.07 bits per heavy atom.